The van der Waals surface area contributed by atoms with E-state index in [1.165, 1.54) is 16.7 Å². The van der Waals surface area contributed by atoms with Gasteiger partial charge in [0.25, 0.3) is 0 Å². The van der Waals surface area contributed by atoms with Gasteiger partial charge in [-0.2, -0.15) is 0 Å². The molecule has 3 aromatic carbocycles. The summed E-state index contributed by atoms with van der Waals surface area (Å²) >= 11 is 0. The molecular weight excluding hydrogens is 388 g/mol. The third-order valence-electron chi connectivity index (χ3n) is 5.06. The molecule has 0 amide bonds. The van der Waals surface area contributed by atoms with Crippen LogP contribution in [-0.2, 0) is 16.0 Å². The standard InChI is InChI=1S/C27H28O4/c1-3-27(29)31-16-7-10-24-19-23(12-14-26(24)30-17-15-28)22-11-13-25(20(2)18-22)21-8-5-4-6-9-21/h3-6,8-9,11-14,18-19,28H,1,7,10,15-17H2,2H3. The molecule has 0 atom stereocenters. The first-order chi connectivity index (χ1) is 15.1. The van der Waals surface area contributed by atoms with Crippen LogP contribution in [-0.4, -0.2) is 30.9 Å². The third-order valence-corrected chi connectivity index (χ3v) is 5.06. The summed E-state index contributed by atoms with van der Waals surface area (Å²) in [6.45, 7) is 6.04. The van der Waals surface area contributed by atoms with E-state index in [9.17, 15) is 4.79 Å². The second-order valence-corrected chi connectivity index (χ2v) is 7.27. The Morgan fingerprint density at radius 1 is 0.968 bits per heavy atom. The van der Waals surface area contributed by atoms with Gasteiger partial charge in [-0.05, 0) is 65.3 Å². The molecule has 0 bridgehead atoms. The lowest BCUT2D eigenvalue weighted by Crippen LogP contribution is -2.06. The van der Waals surface area contributed by atoms with Crippen molar-refractivity contribution in [1.82, 2.24) is 0 Å². The van der Waals surface area contributed by atoms with Crippen LogP contribution in [0.2, 0.25) is 0 Å². The molecule has 3 aromatic rings. The Kier molecular flexibility index (Phi) is 8.02. The quantitative estimate of drug-likeness (QED) is 0.275. The molecule has 0 spiro atoms. The van der Waals surface area contributed by atoms with E-state index in [1.54, 1.807) is 0 Å². The van der Waals surface area contributed by atoms with E-state index >= 15 is 0 Å². The molecule has 0 radical (unpaired) electrons. The van der Waals surface area contributed by atoms with Gasteiger partial charge in [0, 0.05) is 6.08 Å². The lowest BCUT2D eigenvalue weighted by molar-refractivity contribution is -0.137. The van der Waals surface area contributed by atoms with E-state index in [4.69, 9.17) is 14.6 Å². The highest BCUT2D eigenvalue weighted by Crippen LogP contribution is 2.31. The fraction of sp³-hybridized carbons (Fsp3) is 0.222. The first kappa shape index (κ1) is 22.3. The average Bonchev–Trinajstić information content (AvgIpc) is 2.81. The van der Waals surface area contributed by atoms with E-state index in [0.717, 1.165) is 28.5 Å². The normalized spacial score (nSPS) is 10.5. The summed E-state index contributed by atoms with van der Waals surface area (Å²) in [5.74, 6) is 0.324. The molecule has 0 saturated heterocycles. The number of aryl methyl sites for hydroxylation is 2. The van der Waals surface area contributed by atoms with Crippen molar-refractivity contribution in [2.45, 2.75) is 19.8 Å². The van der Waals surface area contributed by atoms with Crippen molar-refractivity contribution in [3.8, 4) is 28.0 Å². The van der Waals surface area contributed by atoms with Crippen molar-refractivity contribution in [2.75, 3.05) is 19.8 Å². The highest BCUT2D eigenvalue weighted by atomic mass is 16.5. The Balaban J connectivity index is 1.82. The van der Waals surface area contributed by atoms with E-state index in [2.05, 4.69) is 49.9 Å². The second-order valence-electron chi connectivity index (χ2n) is 7.27. The van der Waals surface area contributed by atoms with Crippen molar-refractivity contribution in [1.29, 1.82) is 0 Å². The van der Waals surface area contributed by atoms with Crippen LogP contribution < -0.4 is 4.74 Å². The molecule has 4 nitrogen and oxygen atoms in total. The number of esters is 1. The average molecular weight is 417 g/mol. The zero-order valence-electron chi connectivity index (χ0n) is 17.8. The number of carbonyl (C=O) groups is 1. The van der Waals surface area contributed by atoms with E-state index in [-0.39, 0.29) is 13.2 Å². The van der Waals surface area contributed by atoms with Gasteiger partial charge in [0.05, 0.1) is 13.2 Å². The number of carbonyl (C=O) groups excluding carboxylic acids is 1. The third kappa shape index (κ3) is 6.06. The molecule has 4 heteroatoms. The molecule has 3 rings (SSSR count). The van der Waals surface area contributed by atoms with E-state index < -0.39 is 5.97 Å². The topological polar surface area (TPSA) is 55.8 Å². The van der Waals surface area contributed by atoms with Gasteiger partial charge in [-0.25, -0.2) is 4.79 Å². The molecule has 0 aliphatic rings. The second kappa shape index (κ2) is 11.1. The first-order valence-electron chi connectivity index (χ1n) is 10.4. The molecule has 1 N–H and O–H groups in total. The van der Waals surface area contributed by atoms with Crippen molar-refractivity contribution < 1.29 is 19.4 Å². The zero-order chi connectivity index (χ0) is 22.1. The van der Waals surface area contributed by atoms with Crippen LogP contribution in [0.3, 0.4) is 0 Å². The number of aliphatic hydroxyl groups is 1. The molecule has 31 heavy (non-hydrogen) atoms. The number of aliphatic hydroxyl groups excluding tert-OH is 1. The maximum absolute atomic E-state index is 11.2. The number of benzene rings is 3. The minimum atomic E-state index is -0.417. The van der Waals surface area contributed by atoms with Crippen LogP contribution in [0.15, 0.2) is 79.4 Å². The number of rotatable bonds is 10. The zero-order valence-corrected chi connectivity index (χ0v) is 17.8. The van der Waals surface area contributed by atoms with Gasteiger partial charge in [0.15, 0.2) is 0 Å². The van der Waals surface area contributed by atoms with Crippen molar-refractivity contribution in [3.05, 3.63) is 90.5 Å². The predicted molar refractivity (Wildman–Crippen MR) is 124 cm³/mol. The highest BCUT2D eigenvalue weighted by molar-refractivity contribution is 5.81. The summed E-state index contributed by atoms with van der Waals surface area (Å²) in [7, 11) is 0. The Bertz CT molecular complexity index is 1020. The number of ether oxygens (including phenoxy) is 2. The largest absolute Gasteiger partial charge is 0.491 e. The van der Waals surface area contributed by atoms with Gasteiger partial charge in [0.2, 0.25) is 0 Å². The number of hydrogen-bond donors (Lipinski definition) is 1. The molecule has 160 valence electrons. The molecule has 0 aliphatic carbocycles. The van der Waals surface area contributed by atoms with Crippen LogP contribution >= 0.6 is 0 Å². The molecule has 0 unspecified atom stereocenters. The SMILES string of the molecule is C=CC(=O)OCCCc1cc(-c2ccc(-c3ccccc3)c(C)c2)ccc1OCCO. The Hall–Kier alpha value is -3.37. The minimum Gasteiger partial charge on any atom is -0.491 e. The lowest BCUT2D eigenvalue weighted by Gasteiger charge is -2.14. The van der Waals surface area contributed by atoms with Crippen LogP contribution in [0.1, 0.15) is 17.5 Å². The summed E-state index contributed by atoms with van der Waals surface area (Å²) in [6, 6.07) is 22.9. The van der Waals surface area contributed by atoms with Crippen molar-refractivity contribution in [2.24, 2.45) is 0 Å². The maximum atomic E-state index is 11.2. The molecule has 0 heterocycles. The van der Waals surface area contributed by atoms with E-state index in [1.807, 2.05) is 30.3 Å². The molecular formula is C27H28O4. The summed E-state index contributed by atoms with van der Waals surface area (Å²) in [6.07, 6.45) is 2.53. The van der Waals surface area contributed by atoms with Crippen LogP contribution in [0.4, 0.5) is 0 Å². The van der Waals surface area contributed by atoms with Gasteiger partial charge in [-0.1, -0.05) is 61.2 Å². The fourth-order valence-electron chi connectivity index (χ4n) is 3.53. The maximum Gasteiger partial charge on any atom is 0.330 e. The molecule has 0 aliphatic heterocycles. The summed E-state index contributed by atoms with van der Waals surface area (Å²) in [4.78, 5) is 11.2. The lowest BCUT2D eigenvalue weighted by atomic mass is 9.94. The Morgan fingerprint density at radius 3 is 2.42 bits per heavy atom. The van der Waals surface area contributed by atoms with Crippen molar-refractivity contribution in [3.63, 3.8) is 0 Å². The van der Waals surface area contributed by atoms with Gasteiger partial charge >= 0.3 is 5.97 Å². The molecule has 0 saturated carbocycles. The summed E-state index contributed by atoms with van der Waals surface area (Å²) in [5.41, 5.74) is 6.88. The van der Waals surface area contributed by atoms with Gasteiger partial charge in [-0.15, -0.1) is 0 Å². The van der Waals surface area contributed by atoms with E-state index in [0.29, 0.717) is 19.4 Å². The van der Waals surface area contributed by atoms with Crippen LogP contribution in [0.25, 0.3) is 22.3 Å². The smallest absolute Gasteiger partial charge is 0.330 e. The van der Waals surface area contributed by atoms with Gasteiger partial charge in [-0.3, -0.25) is 0 Å². The minimum absolute atomic E-state index is 0.0434. The summed E-state index contributed by atoms with van der Waals surface area (Å²) < 4.78 is 10.8. The van der Waals surface area contributed by atoms with Crippen LogP contribution in [0, 0.1) is 6.92 Å². The molecule has 0 aromatic heterocycles. The van der Waals surface area contributed by atoms with Gasteiger partial charge < -0.3 is 14.6 Å². The fourth-order valence-corrected chi connectivity index (χ4v) is 3.53. The predicted octanol–water partition coefficient (Wildman–Crippen LogP) is 5.36. The van der Waals surface area contributed by atoms with Crippen molar-refractivity contribution >= 4 is 5.97 Å². The first-order valence-corrected chi connectivity index (χ1v) is 10.4. The van der Waals surface area contributed by atoms with Crippen LogP contribution in [0.5, 0.6) is 5.75 Å². The van der Waals surface area contributed by atoms with Gasteiger partial charge in [0.1, 0.15) is 12.4 Å². The number of hydrogen-bond acceptors (Lipinski definition) is 4. The Labute approximate surface area is 183 Å². The monoisotopic (exact) mass is 416 g/mol. The molecule has 0 fully saturated rings. The summed E-state index contributed by atoms with van der Waals surface area (Å²) in [5, 5.41) is 9.11. The Morgan fingerprint density at radius 2 is 1.71 bits per heavy atom. The highest BCUT2D eigenvalue weighted by Gasteiger charge is 2.10.